The molecule has 0 spiro atoms. The van der Waals surface area contributed by atoms with Crippen LogP contribution in [-0.4, -0.2) is 24.3 Å². The highest BCUT2D eigenvalue weighted by Crippen LogP contribution is 2.31. The molecular weight excluding hydrogens is 294 g/mol. The molecule has 1 heterocycles. The molecule has 112 valence electrons. The first-order valence-electron chi connectivity index (χ1n) is 6.28. The van der Waals surface area contributed by atoms with E-state index in [9.17, 15) is 5.11 Å². The molecule has 21 heavy (non-hydrogen) atoms. The number of aliphatic hydroxyl groups is 1. The van der Waals surface area contributed by atoms with Gasteiger partial charge in [-0.1, -0.05) is 17.7 Å². The van der Waals surface area contributed by atoms with Crippen LogP contribution < -0.4 is 14.2 Å². The molecule has 0 unspecified atom stereocenters. The van der Waals surface area contributed by atoms with Crippen molar-refractivity contribution >= 4 is 11.6 Å². The van der Waals surface area contributed by atoms with Gasteiger partial charge in [0.05, 0.1) is 20.8 Å². The lowest BCUT2D eigenvalue weighted by Gasteiger charge is -2.14. The summed E-state index contributed by atoms with van der Waals surface area (Å²) >= 11 is 6.02. The maximum atomic E-state index is 9.35. The summed E-state index contributed by atoms with van der Waals surface area (Å²) < 4.78 is 16.2. The minimum Gasteiger partial charge on any atom is -0.493 e. The Kier molecular flexibility index (Phi) is 5.25. The van der Waals surface area contributed by atoms with Crippen molar-refractivity contribution in [3.05, 3.63) is 46.7 Å². The van der Waals surface area contributed by atoms with Crippen LogP contribution in [0.1, 0.15) is 11.3 Å². The lowest BCUT2D eigenvalue weighted by Crippen LogP contribution is -2.04. The van der Waals surface area contributed by atoms with Gasteiger partial charge >= 0.3 is 0 Å². The molecule has 0 aliphatic heterocycles. The molecule has 1 aromatic carbocycles. The average Bonchev–Trinajstić information content (AvgIpc) is 2.52. The first-order chi connectivity index (χ1) is 10.2. The summed E-state index contributed by atoms with van der Waals surface area (Å²) in [5.74, 6) is 1.61. The molecule has 5 nitrogen and oxygen atoms in total. The molecular formula is C15H16ClNO4. The van der Waals surface area contributed by atoms with Gasteiger partial charge in [-0.05, 0) is 12.1 Å². The minimum absolute atomic E-state index is 0.174. The third-order valence-electron chi connectivity index (χ3n) is 2.96. The average molecular weight is 310 g/mol. The Morgan fingerprint density at radius 1 is 1.14 bits per heavy atom. The van der Waals surface area contributed by atoms with Crippen molar-refractivity contribution in [2.45, 2.75) is 13.2 Å². The second-order valence-corrected chi connectivity index (χ2v) is 4.56. The molecule has 1 N–H and O–H groups in total. The standard InChI is InChI=1S/C15H16ClNO4/c1-19-14-6-7-17-12(15(14)20-2)9-21-13-5-3-4-11(16)10(13)8-18/h3-7,18H,8-9H2,1-2H3. The van der Waals surface area contributed by atoms with Gasteiger partial charge in [0.1, 0.15) is 18.1 Å². The third kappa shape index (κ3) is 3.37. The van der Waals surface area contributed by atoms with E-state index in [1.54, 1.807) is 44.7 Å². The smallest absolute Gasteiger partial charge is 0.185 e. The fourth-order valence-corrected chi connectivity index (χ4v) is 2.15. The number of hydrogen-bond donors (Lipinski definition) is 1. The molecule has 0 aliphatic carbocycles. The van der Waals surface area contributed by atoms with Crippen molar-refractivity contribution in [3.8, 4) is 17.2 Å². The van der Waals surface area contributed by atoms with Crippen molar-refractivity contribution < 1.29 is 19.3 Å². The minimum atomic E-state index is -0.197. The Morgan fingerprint density at radius 3 is 2.62 bits per heavy atom. The molecule has 0 aliphatic rings. The molecule has 6 heteroatoms. The van der Waals surface area contributed by atoms with Gasteiger partial charge in [-0.2, -0.15) is 0 Å². The topological polar surface area (TPSA) is 60.8 Å². The lowest BCUT2D eigenvalue weighted by atomic mass is 10.2. The quantitative estimate of drug-likeness (QED) is 0.889. The number of benzene rings is 1. The molecule has 0 bridgehead atoms. The number of pyridine rings is 1. The molecule has 0 saturated carbocycles. The van der Waals surface area contributed by atoms with Crippen molar-refractivity contribution in [1.82, 2.24) is 4.98 Å². The Hall–Kier alpha value is -1.98. The monoisotopic (exact) mass is 309 g/mol. The number of nitrogens with zero attached hydrogens (tertiary/aromatic N) is 1. The van der Waals surface area contributed by atoms with Crippen molar-refractivity contribution in [1.29, 1.82) is 0 Å². The van der Waals surface area contributed by atoms with Crippen LogP contribution in [0, 0.1) is 0 Å². The van der Waals surface area contributed by atoms with Gasteiger partial charge in [-0.15, -0.1) is 0 Å². The first-order valence-corrected chi connectivity index (χ1v) is 6.66. The predicted octanol–water partition coefficient (Wildman–Crippen LogP) is 2.82. The van der Waals surface area contributed by atoms with E-state index < -0.39 is 0 Å². The summed E-state index contributed by atoms with van der Waals surface area (Å²) in [6.07, 6.45) is 1.62. The summed E-state index contributed by atoms with van der Waals surface area (Å²) in [6.45, 7) is -0.0224. The maximum absolute atomic E-state index is 9.35. The second kappa shape index (κ2) is 7.15. The molecule has 0 fully saturated rings. The molecule has 2 rings (SSSR count). The van der Waals surface area contributed by atoms with E-state index >= 15 is 0 Å². The van der Waals surface area contributed by atoms with Crippen LogP contribution in [0.5, 0.6) is 17.2 Å². The van der Waals surface area contributed by atoms with Gasteiger partial charge in [-0.3, -0.25) is 4.98 Å². The highest BCUT2D eigenvalue weighted by atomic mass is 35.5. The van der Waals surface area contributed by atoms with E-state index in [1.807, 2.05) is 0 Å². The zero-order chi connectivity index (χ0) is 15.2. The van der Waals surface area contributed by atoms with Gasteiger partial charge in [0, 0.05) is 22.8 Å². The number of halogens is 1. The fraction of sp³-hybridized carbons (Fsp3) is 0.267. The lowest BCUT2D eigenvalue weighted by molar-refractivity contribution is 0.253. The number of hydrogen-bond acceptors (Lipinski definition) is 5. The molecule has 0 radical (unpaired) electrons. The predicted molar refractivity (Wildman–Crippen MR) is 79.0 cm³/mol. The van der Waals surface area contributed by atoms with Crippen LogP contribution in [0.15, 0.2) is 30.5 Å². The number of ether oxygens (including phenoxy) is 3. The van der Waals surface area contributed by atoms with E-state index in [4.69, 9.17) is 25.8 Å². The normalized spacial score (nSPS) is 10.3. The largest absolute Gasteiger partial charge is 0.493 e. The molecule has 0 saturated heterocycles. The zero-order valence-electron chi connectivity index (χ0n) is 11.8. The Labute approximate surface area is 128 Å². The Morgan fingerprint density at radius 2 is 1.95 bits per heavy atom. The number of rotatable bonds is 6. The summed E-state index contributed by atoms with van der Waals surface area (Å²) in [7, 11) is 3.10. The van der Waals surface area contributed by atoms with Crippen LogP contribution in [0.4, 0.5) is 0 Å². The van der Waals surface area contributed by atoms with E-state index in [0.717, 1.165) is 0 Å². The third-order valence-corrected chi connectivity index (χ3v) is 3.32. The van der Waals surface area contributed by atoms with Crippen LogP contribution in [0.25, 0.3) is 0 Å². The molecule has 2 aromatic rings. The van der Waals surface area contributed by atoms with Crippen LogP contribution >= 0.6 is 11.6 Å². The summed E-state index contributed by atoms with van der Waals surface area (Å²) in [4.78, 5) is 4.23. The van der Waals surface area contributed by atoms with Gasteiger partial charge < -0.3 is 19.3 Å². The summed E-state index contributed by atoms with van der Waals surface area (Å²) in [5, 5.41) is 9.81. The van der Waals surface area contributed by atoms with Crippen LogP contribution in [0.2, 0.25) is 5.02 Å². The van der Waals surface area contributed by atoms with Crippen molar-refractivity contribution in [2.75, 3.05) is 14.2 Å². The summed E-state index contributed by atoms with van der Waals surface area (Å²) in [5.41, 5.74) is 1.14. The van der Waals surface area contributed by atoms with Gasteiger partial charge in [-0.25, -0.2) is 0 Å². The van der Waals surface area contributed by atoms with E-state index in [0.29, 0.717) is 33.5 Å². The van der Waals surface area contributed by atoms with Gasteiger partial charge in [0.25, 0.3) is 0 Å². The van der Waals surface area contributed by atoms with Crippen LogP contribution in [-0.2, 0) is 13.2 Å². The van der Waals surface area contributed by atoms with Gasteiger partial charge in [0.2, 0.25) is 0 Å². The SMILES string of the molecule is COc1ccnc(COc2cccc(Cl)c2CO)c1OC. The fourth-order valence-electron chi connectivity index (χ4n) is 1.93. The highest BCUT2D eigenvalue weighted by Gasteiger charge is 2.13. The van der Waals surface area contributed by atoms with Crippen molar-refractivity contribution in [3.63, 3.8) is 0 Å². The highest BCUT2D eigenvalue weighted by molar-refractivity contribution is 6.31. The Bertz CT molecular complexity index is 619. The summed E-state index contributed by atoms with van der Waals surface area (Å²) in [6, 6.07) is 6.91. The number of methoxy groups -OCH3 is 2. The van der Waals surface area contributed by atoms with Crippen molar-refractivity contribution in [2.24, 2.45) is 0 Å². The van der Waals surface area contributed by atoms with Gasteiger partial charge in [0.15, 0.2) is 11.5 Å². The van der Waals surface area contributed by atoms with Crippen LogP contribution in [0.3, 0.4) is 0 Å². The second-order valence-electron chi connectivity index (χ2n) is 4.16. The van der Waals surface area contributed by atoms with E-state index in [2.05, 4.69) is 4.98 Å². The Balaban J connectivity index is 2.23. The zero-order valence-corrected chi connectivity index (χ0v) is 12.6. The maximum Gasteiger partial charge on any atom is 0.185 e. The number of aliphatic hydroxyl groups excluding tert-OH is 1. The molecule has 0 amide bonds. The molecule has 1 aromatic heterocycles. The van der Waals surface area contributed by atoms with E-state index in [-0.39, 0.29) is 13.2 Å². The van der Waals surface area contributed by atoms with E-state index in [1.165, 1.54) is 0 Å². The molecule has 0 atom stereocenters. The number of aromatic nitrogens is 1. The first kappa shape index (κ1) is 15.4.